The van der Waals surface area contributed by atoms with E-state index in [1.54, 1.807) is 7.05 Å². The van der Waals surface area contributed by atoms with Crippen LogP contribution in [0.15, 0.2) is 41.3 Å². The first-order chi connectivity index (χ1) is 12.8. The van der Waals surface area contributed by atoms with Gasteiger partial charge in [0, 0.05) is 29.8 Å². The van der Waals surface area contributed by atoms with E-state index in [1.165, 1.54) is 22.7 Å². The lowest BCUT2D eigenvalue weighted by Gasteiger charge is -2.17. The van der Waals surface area contributed by atoms with Crippen LogP contribution in [-0.2, 0) is 9.59 Å². The predicted octanol–water partition coefficient (Wildman–Crippen LogP) is 4.16. The minimum absolute atomic E-state index is 0.0535. The maximum absolute atomic E-state index is 13.2. The number of nitrogens with zero attached hydrogens (tertiary/aromatic N) is 1. The van der Waals surface area contributed by atoms with Crippen LogP contribution in [0.25, 0.3) is 0 Å². The van der Waals surface area contributed by atoms with Crippen LogP contribution in [-0.4, -0.2) is 36.1 Å². The number of hydrogen-bond donors (Lipinski definition) is 1. The van der Waals surface area contributed by atoms with Gasteiger partial charge in [-0.15, -0.1) is 11.8 Å². The number of nitrogens with one attached hydrogen (secondary N) is 1. The third-order valence-electron chi connectivity index (χ3n) is 3.95. The van der Waals surface area contributed by atoms with Crippen molar-refractivity contribution >= 4 is 29.3 Å². The lowest BCUT2D eigenvalue weighted by Crippen LogP contribution is -2.35. The summed E-state index contributed by atoms with van der Waals surface area (Å²) in [6.07, 6.45) is 0.191. The van der Waals surface area contributed by atoms with Crippen LogP contribution >= 0.6 is 11.8 Å². The maximum atomic E-state index is 13.2. The molecule has 0 fully saturated rings. The molecule has 7 heteroatoms. The van der Waals surface area contributed by atoms with Gasteiger partial charge < -0.3 is 10.2 Å². The normalized spacial score (nSPS) is 10.6. The largest absolute Gasteiger partial charge is 0.336 e. The highest BCUT2D eigenvalue weighted by Gasteiger charge is 2.14. The standard InChI is InChI=1S/C20H22F2N2O2S/c1-13-4-5-14(2)18(10-13)23-19(25)12-24(3)20(26)8-9-27-15-6-7-16(21)17(22)11-15/h4-7,10-11H,8-9,12H2,1-3H3,(H,23,25). The first-order valence-corrected chi connectivity index (χ1v) is 9.43. The third kappa shape index (κ3) is 6.36. The van der Waals surface area contributed by atoms with Crippen LogP contribution < -0.4 is 5.32 Å². The number of likely N-dealkylation sites (N-methyl/N-ethyl adjacent to an activating group) is 1. The SMILES string of the molecule is Cc1ccc(C)c(NC(=O)CN(C)C(=O)CCSc2ccc(F)c(F)c2)c1. The highest BCUT2D eigenvalue weighted by molar-refractivity contribution is 7.99. The number of hydrogen-bond acceptors (Lipinski definition) is 3. The van der Waals surface area contributed by atoms with Crippen molar-refractivity contribution in [2.45, 2.75) is 25.2 Å². The van der Waals surface area contributed by atoms with Crippen LogP contribution in [0.2, 0.25) is 0 Å². The van der Waals surface area contributed by atoms with Gasteiger partial charge >= 0.3 is 0 Å². The minimum atomic E-state index is -0.911. The molecular formula is C20H22F2N2O2S. The summed E-state index contributed by atoms with van der Waals surface area (Å²) >= 11 is 1.26. The monoisotopic (exact) mass is 392 g/mol. The molecule has 0 aliphatic rings. The van der Waals surface area contributed by atoms with Crippen molar-refractivity contribution in [2.75, 3.05) is 24.7 Å². The second-order valence-corrected chi connectivity index (χ2v) is 7.46. The van der Waals surface area contributed by atoms with Gasteiger partial charge in [-0.2, -0.15) is 0 Å². The summed E-state index contributed by atoms with van der Waals surface area (Å²) in [7, 11) is 1.56. The Balaban J connectivity index is 1.79. The summed E-state index contributed by atoms with van der Waals surface area (Å²) in [5.41, 5.74) is 2.72. The zero-order valence-electron chi connectivity index (χ0n) is 15.5. The Kier molecular flexibility index (Phi) is 7.36. The van der Waals surface area contributed by atoms with Crippen LogP contribution in [0, 0.1) is 25.5 Å². The number of amides is 2. The molecule has 4 nitrogen and oxygen atoms in total. The number of carbonyl (C=O) groups is 2. The van der Waals surface area contributed by atoms with Crippen molar-refractivity contribution in [1.29, 1.82) is 0 Å². The van der Waals surface area contributed by atoms with Crippen molar-refractivity contribution in [2.24, 2.45) is 0 Å². The Morgan fingerprint density at radius 3 is 2.52 bits per heavy atom. The highest BCUT2D eigenvalue weighted by Crippen LogP contribution is 2.21. The average molecular weight is 392 g/mol. The van der Waals surface area contributed by atoms with Crippen LogP contribution in [0.3, 0.4) is 0 Å². The van der Waals surface area contributed by atoms with E-state index in [9.17, 15) is 18.4 Å². The summed E-state index contributed by atoms with van der Waals surface area (Å²) in [4.78, 5) is 26.2. The van der Waals surface area contributed by atoms with E-state index >= 15 is 0 Å². The molecule has 0 saturated heterocycles. The van der Waals surface area contributed by atoms with Gasteiger partial charge in [0.2, 0.25) is 11.8 Å². The van der Waals surface area contributed by atoms with E-state index in [1.807, 2.05) is 32.0 Å². The van der Waals surface area contributed by atoms with Crippen molar-refractivity contribution in [3.63, 3.8) is 0 Å². The third-order valence-corrected chi connectivity index (χ3v) is 4.94. The van der Waals surface area contributed by atoms with Crippen molar-refractivity contribution in [1.82, 2.24) is 4.90 Å². The fourth-order valence-electron chi connectivity index (χ4n) is 2.38. The predicted molar refractivity (Wildman–Crippen MR) is 104 cm³/mol. The van der Waals surface area contributed by atoms with Gasteiger partial charge in [0.25, 0.3) is 0 Å². The lowest BCUT2D eigenvalue weighted by atomic mass is 10.1. The molecule has 0 heterocycles. The summed E-state index contributed by atoms with van der Waals surface area (Å²) in [6.45, 7) is 3.79. The molecule has 144 valence electrons. The summed E-state index contributed by atoms with van der Waals surface area (Å²) in [5, 5.41) is 2.82. The number of anilines is 1. The van der Waals surface area contributed by atoms with Crippen LogP contribution in [0.4, 0.5) is 14.5 Å². The van der Waals surface area contributed by atoms with Gasteiger partial charge in [-0.05, 0) is 49.2 Å². The number of thioether (sulfide) groups is 1. The highest BCUT2D eigenvalue weighted by atomic mass is 32.2. The molecule has 2 amide bonds. The Morgan fingerprint density at radius 2 is 1.81 bits per heavy atom. The first-order valence-electron chi connectivity index (χ1n) is 8.45. The number of aryl methyl sites for hydroxylation is 2. The fourth-order valence-corrected chi connectivity index (χ4v) is 3.24. The topological polar surface area (TPSA) is 49.4 Å². The molecule has 2 aromatic carbocycles. The van der Waals surface area contributed by atoms with E-state index in [4.69, 9.17) is 0 Å². The zero-order valence-corrected chi connectivity index (χ0v) is 16.3. The molecule has 0 bridgehead atoms. The fraction of sp³-hybridized carbons (Fsp3) is 0.300. The van der Waals surface area contributed by atoms with Gasteiger partial charge in [0.15, 0.2) is 11.6 Å². The lowest BCUT2D eigenvalue weighted by molar-refractivity contribution is -0.132. The average Bonchev–Trinajstić information content (AvgIpc) is 2.61. The smallest absolute Gasteiger partial charge is 0.243 e. The molecule has 0 aromatic heterocycles. The quantitative estimate of drug-likeness (QED) is 0.720. The number of benzene rings is 2. The molecule has 0 radical (unpaired) electrons. The molecule has 0 spiro atoms. The Bertz CT molecular complexity index is 843. The van der Waals surface area contributed by atoms with Gasteiger partial charge in [0.05, 0.1) is 6.54 Å². The molecule has 27 heavy (non-hydrogen) atoms. The maximum Gasteiger partial charge on any atom is 0.243 e. The van der Waals surface area contributed by atoms with Crippen molar-refractivity contribution in [3.05, 3.63) is 59.2 Å². The Labute approximate surface area is 161 Å². The Hall–Kier alpha value is -2.41. The van der Waals surface area contributed by atoms with Gasteiger partial charge in [-0.3, -0.25) is 9.59 Å². The molecule has 2 aromatic rings. The molecule has 0 saturated carbocycles. The zero-order chi connectivity index (χ0) is 20.0. The second kappa shape index (κ2) is 9.50. The van der Waals surface area contributed by atoms with E-state index < -0.39 is 11.6 Å². The summed E-state index contributed by atoms with van der Waals surface area (Å²) in [5.74, 6) is -1.86. The van der Waals surface area contributed by atoms with E-state index in [0.717, 1.165) is 28.9 Å². The van der Waals surface area contributed by atoms with Crippen LogP contribution in [0.1, 0.15) is 17.5 Å². The molecule has 0 aliphatic heterocycles. The van der Waals surface area contributed by atoms with Gasteiger partial charge in [0.1, 0.15) is 0 Å². The summed E-state index contributed by atoms with van der Waals surface area (Å²) < 4.78 is 26.1. The molecule has 2 rings (SSSR count). The molecule has 0 unspecified atom stereocenters. The van der Waals surface area contributed by atoms with Gasteiger partial charge in [-0.25, -0.2) is 8.78 Å². The number of carbonyl (C=O) groups excluding carboxylic acids is 2. The Morgan fingerprint density at radius 1 is 1.07 bits per heavy atom. The molecular weight excluding hydrogens is 370 g/mol. The van der Waals surface area contributed by atoms with Gasteiger partial charge in [-0.1, -0.05) is 12.1 Å². The number of rotatable bonds is 7. The molecule has 0 atom stereocenters. The van der Waals surface area contributed by atoms with E-state index in [0.29, 0.717) is 10.6 Å². The minimum Gasteiger partial charge on any atom is -0.336 e. The van der Waals surface area contributed by atoms with E-state index in [2.05, 4.69) is 5.32 Å². The van der Waals surface area contributed by atoms with Crippen molar-refractivity contribution < 1.29 is 18.4 Å². The van der Waals surface area contributed by atoms with Crippen molar-refractivity contribution in [3.8, 4) is 0 Å². The number of halogens is 2. The first kappa shape index (κ1) is 20.9. The molecule has 0 aliphatic carbocycles. The van der Waals surface area contributed by atoms with Crippen LogP contribution in [0.5, 0.6) is 0 Å². The second-order valence-electron chi connectivity index (χ2n) is 6.29. The van der Waals surface area contributed by atoms with E-state index in [-0.39, 0.29) is 24.8 Å². The molecule has 1 N–H and O–H groups in total. The summed E-state index contributed by atoms with van der Waals surface area (Å²) in [6, 6.07) is 9.40.